The van der Waals surface area contributed by atoms with Gasteiger partial charge in [-0.05, 0) is 38.8 Å². The topological polar surface area (TPSA) is 40.5 Å². The first-order valence-electron chi connectivity index (χ1n) is 6.98. The second kappa shape index (κ2) is 6.60. The molecule has 0 amide bonds. The molecule has 1 unspecified atom stereocenters. The average Bonchev–Trinajstić information content (AvgIpc) is 2.37. The first-order chi connectivity index (χ1) is 8.94. The number of nitrogens with zero attached hydrogens (tertiary/aromatic N) is 1. The van der Waals surface area contributed by atoms with Crippen molar-refractivity contribution in [1.29, 1.82) is 0 Å². The standard InChI is InChI=1S/C16H25NO2/c1-5-11-16(4,15(18)19)12-17(6-2)14-10-8-7-9-13(14)3/h7-10H,5-6,11-12H2,1-4H3,(H,18,19). The van der Waals surface area contributed by atoms with E-state index in [9.17, 15) is 9.90 Å². The SMILES string of the molecule is CCCC(C)(CN(CC)c1ccccc1C)C(=O)O. The third-order valence-electron chi connectivity index (χ3n) is 3.70. The number of hydrogen-bond acceptors (Lipinski definition) is 2. The Kier molecular flexibility index (Phi) is 5.40. The maximum absolute atomic E-state index is 11.6. The number of anilines is 1. The summed E-state index contributed by atoms with van der Waals surface area (Å²) in [6.07, 6.45) is 1.58. The summed E-state index contributed by atoms with van der Waals surface area (Å²) in [4.78, 5) is 13.7. The highest BCUT2D eigenvalue weighted by Gasteiger charge is 2.34. The van der Waals surface area contributed by atoms with Gasteiger partial charge in [-0.3, -0.25) is 4.79 Å². The summed E-state index contributed by atoms with van der Waals surface area (Å²) in [5.41, 5.74) is 1.63. The molecule has 1 atom stereocenters. The fourth-order valence-electron chi connectivity index (χ4n) is 2.51. The number of carboxylic acid groups (broad SMARTS) is 1. The van der Waals surface area contributed by atoms with Crippen LogP contribution in [0.25, 0.3) is 0 Å². The van der Waals surface area contributed by atoms with E-state index >= 15 is 0 Å². The van der Waals surface area contributed by atoms with Gasteiger partial charge >= 0.3 is 5.97 Å². The summed E-state index contributed by atoms with van der Waals surface area (Å²) >= 11 is 0. The maximum Gasteiger partial charge on any atom is 0.311 e. The van der Waals surface area contributed by atoms with E-state index in [4.69, 9.17) is 0 Å². The number of aryl methyl sites for hydroxylation is 1. The quantitative estimate of drug-likeness (QED) is 0.815. The average molecular weight is 263 g/mol. The van der Waals surface area contributed by atoms with Crippen LogP contribution in [-0.4, -0.2) is 24.2 Å². The second-order valence-electron chi connectivity index (χ2n) is 5.42. The Morgan fingerprint density at radius 2 is 1.95 bits per heavy atom. The lowest BCUT2D eigenvalue weighted by Gasteiger charge is -2.34. The molecule has 0 bridgehead atoms. The van der Waals surface area contributed by atoms with Crippen molar-refractivity contribution in [2.45, 2.75) is 40.5 Å². The van der Waals surface area contributed by atoms with Crippen molar-refractivity contribution in [3.63, 3.8) is 0 Å². The van der Waals surface area contributed by atoms with Crippen molar-refractivity contribution in [2.75, 3.05) is 18.0 Å². The number of rotatable bonds is 7. The molecule has 0 aliphatic rings. The molecule has 0 saturated heterocycles. The Hall–Kier alpha value is -1.51. The van der Waals surface area contributed by atoms with E-state index in [0.29, 0.717) is 13.0 Å². The van der Waals surface area contributed by atoms with Gasteiger partial charge in [0.2, 0.25) is 0 Å². The van der Waals surface area contributed by atoms with E-state index < -0.39 is 11.4 Å². The Balaban J connectivity index is 2.98. The molecule has 1 aromatic carbocycles. The van der Waals surface area contributed by atoms with Crippen LogP contribution in [0.15, 0.2) is 24.3 Å². The number of carboxylic acids is 1. The summed E-state index contributed by atoms with van der Waals surface area (Å²) in [6.45, 7) is 9.39. The third kappa shape index (κ3) is 3.72. The van der Waals surface area contributed by atoms with Crippen molar-refractivity contribution in [3.05, 3.63) is 29.8 Å². The van der Waals surface area contributed by atoms with E-state index in [1.165, 1.54) is 5.56 Å². The number of para-hydroxylation sites is 1. The molecule has 19 heavy (non-hydrogen) atoms. The van der Waals surface area contributed by atoms with Gasteiger partial charge in [-0.2, -0.15) is 0 Å². The second-order valence-corrected chi connectivity index (χ2v) is 5.42. The number of carbonyl (C=O) groups is 1. The zero-order valence-electron chi connectivity index (χ0n) is 12.4. The summed E-state index contributed by atoms with van der Waals surface area (Å²) < 4.78 is 0. The normalized spacial score (nSPS) is 13.9. The Bertz CT molecular complexity index is 431. The van der Waals surface area contributed by atoms with Gasteiger partial charge in [0, 0.05) is 18.8 Å². The van der Waals surface area contributed by atoms with Gasteiger partial charge in [-0.15, -0.1) is 0 Å². The van der Waals surface area contributed by atoms with E-state index in [1.54, 1.807) is 0 Å². The summed E-state index contributed by atoms with van der Waals surface area (Å²) in [5.74, 6) is -0.707. The minimum Gasteiger partial charge on any atom is -0.481 e. The molecule has 3 nitrogen and oxygen atoms in total. The molecule has 0 fully saturated rings. The number of aliphatic carboxylic acids is 1. The predicted octanol–water partition coefficient (Wildman–Crippen LogP) is 3.71. The lowest BCUT2D eigenvalue weighted by molar-refractivity contribution is -0.147. The molecule has 106 valence electrons. The van der Waals surface area contributed by atoms with Crippen molar-refractivity contribution in [2.24, 2.45) is 5.41 Å². The van der Waals surface area contributed by atoms with Gasteiger partial charge in [0.05, 0.1) is 5.41 Å². The first-order valence-corrected chi connectivity index (χ1v) is 6.98. The van der Waals surface area contributed by atoms with Crippen molar-refractivity contribution >= 4 is 11.7 Å². The van der Waals surface area contributed by atoms with Crippen LogP contribution < -0.4 is 4.90 Å². The molecule has 1 aromatic rings. The Labute approximate surface area is 116 Å². The van der Waals surface area contributed by atoms with Crippen LogP contribution in [0, 0.1) is 12.3 Å². The molecule has 1 rings (SSSR count). The molecular formula is C16H25NO2. The largest absolute Gasteiger partial charge is 0.481 e. The fourth-order valence-corrected chi connectivity index (χ4v) is 2.51. The highest BCUT2D eigenvalue weighted by molar-refractivity contribution is 5.75. The molecule has 1 N–H and O–H groups in total. The molecule has 0 saturated carbocycles. The lowest BCUT2D eigenvalue weighted by atomic mass is 9.85. The van der Waals surface area contributed by atoms with Crippen LogP contribution in [-0.2, 0) is 4.79 Å². The maximum atomic E-state index is 11.6. The highest BCUT2D eigenvalue weighted by Crippen LogP contribution is 2.29. The van der Waals surface area contributed by atoms with E-state index in [2.05, 4.69) is 30.9 Å². The summed E-state index contributed by atoms with van der Waals surface area (Å²) in [6, 6.07) is 8.14. The molecule has 0 radical (unpaired) electrons. The molecule has 0 heterocycles. The monoisotopic (exact) mass is 263 g/mol. The molecular weight excluding hydrogens is 238 g/mol. The zero-order chi connectivity index (χ0) is 14.5. The lowest BCUT2D eigenvalue weighted by Crippen LogP contribution is -2.41. The van der Waals surface area contributed by atoms with Crippen LogP contribution in [0.2, 0.25) is 0 Å². The highest BCUT2D eigenvalue weighted by atomic mass is 16.4. The van der Waals surface area contributed by atoms with E-state index in [-0.39, 0.29) is 0 Å². The molecule has 0 spiro atoms. The van der Waals surface area contributed by atoms with Crippen LogP contribution >= 0.6 is 0 Å². The fraction of sp³-hybridized carbons (Fsp3) is 0.562. The van der Waals surface area contributed by atoms with Crippen molar-refractivity contribution in [3.8, 4) is 0 Å². The van der Waals surface area contributed by atoms with Crippen molar-refractivity contribution < 1.29 is 9.90 Å². The van der Waals surface area contributed by atoms with Gasteiger partial charge in [0.1, 0.15) is 0 Å². The van der Waals surface area contributed by atoms with Gasteiger partial charge in [0.25, 0.3) is 0 Å². The first kappa shape index (κ1) is 15.5. The molecule has 3 heteroatoms. The van der Waals surface area contributed by atoms with Crippen LogP contribution in [0.5, 0.6) is 0 Å². The smallest absolute Gasteiger partial charge is 0.311 e. The van der Waals surface area contributed by atoms with Gasteiger partial charge in [0.15, 0.2) is 0 Å². The van der Waals surface area contributed by atoms with Crippen LogP contribution in [0.4, 0.5) is 5.69 Å². The van der Waals surface area contributed by atoms with Gasteiger partial charge in [-0.1, -0.05) is 31.5 Å². The van der Waals surface area contributed by atoms with Gasteiger partial charge < -0.3 is 10.0 Å². The molecule has 0 aromatic heterocycles. The summed E-state index contributed by atoms with van der Waals surface area (Å²) in [7, 11) is 0. The van der Waals surface area contributed by atoms with Gasteiger partial charge in [-0.25, -0.2) is 0 Å². The van der Waals surface area contributed by atoms with E-state index in [1.807, 2.05) is 26.0 Å². The Morgan fingerprint density at radius 3 is 2.42 bits per heavy atom. The Morgan fingerprint density at radius 1 is 1.32 bits per heavy atom. The minimum atomic E-state index is -0.707. The number of hydrogen-bond donors (Lipinski definition) is 1. The number of benzene rings is 1. The van der Waals surface area contributed by atoms with Crippen LogP contribution in [0.3, 0.4) is 0 Å². The van der Waals surface area contributed by atoms with E-state index in [0.717, 1.165) is 18.7 Å². The zero-order valence-corrected chi connectivity index (χ0v) is 12.4. The summed E-state index contributed by atoms with van der Waals surface area (Å²) in [5, 5.41) is 9.50. The molecule has 0 aliphatic carbocycles. The minimum absolute atomic E-state index is 0.553. The van der Waals surface area contributed by atoms with Crippen molar-refractivity contribution in [1.82, 2.24) is 0 Å². The predicted molar refractivity (Wildman–Crippen MR) is 79.7 cm³/mol. The third-order valence-corrected chi connectivity index (χ3v) is 3.70. The molecule has 0 aliphatic heterocycles. The van der Waals surface area contributed by atoms with Crippen LogP contribution in [0.1, 0.15) is 39.2 Å².